The molecule has 0 aliphatic carbocycles. The molecule has 1 aliphatic heterocycles. The minimum absolute atomic E-state index is 0.00867. The largest absolute Gasteiger partial charge is 0.349 e. The summed E-state index contributed by atoms with van der Waals surface area (Å²) >= 11 is 6.11. The van der Waals surface area contributed by atoms with E-state index >= 15 is 0 Å². The van der Waals surface area contributed by atoms with Crippen molar-refractivity contribution in [1.29, 1.82) is 0 Å². The molecule has 0 spiro atoms. The van der Waals surface area contributed by atoms with Crippen molar-refractivity contribution in [1.82, 2.24) is 19.9 Å². The van der Waals surface area contributed by atoms with Gasteiger partial charge in [-0.05, 0) is 50.5 Å². The Bertz CT molecular complexity index is 991. The molecule has 1 aliphatic rings. The first-order valence-electron chi connectivity index (χ1n) is 9.14. The second-order valence-corrected chi connectivity index (χ2v) is 7.57. The molecule has 2 aromatic heterocycles. The summed E-state index contributed by atoms with van der Waals surface area (Å²) in [5.74, 6) is 0.807. The van der Waals surface area contributed by atoms with Crippen LogP contribution in [-0.4, -0.2) is 39.6 Å². The zero-order valence-corrected chi connectivity index (χ0v) is 16.2. The highest BCUT2D eigenvalue weighted by Gasteiger charge is 2.24. The number of amides is 1. The molecule has 1 fully saturated rings. The summed E-state index contributed by atoms with van der Waals surface area (Å²) in [7, 11) is 0. The van der Waals surface area contributed by atoms with Crippen molar-refractivity contribution < 1.29 is 4.79 Å². The van der Waals surface area contributed by atoms with Crippen LogP contribution in [0.25, 0.3) is 5.65 Å². The van der Waals surface area contributed by atoms with Gasteiger partial charge in [-0.15, -0.1) is 10.2 Å². The van der Waals surface area contributed by atoms with Crippen LogP contribution in [0.1, 0.15) is 34.3 Å². The SMILES string of the molecule is Cc1ccc(C)c(C(=O)NC2CCN(c3nnc4ccc(Cl)cn34)CC2)c1. The molecule has 0 unspecified atom stereocenters. The van der Waals surface area contributed by atoms with E-state index in [-0.39, 0.29) is 11.9 Å². The number of piperidine rings is 1. The molecule has 4 rings (SSSR count). The predicted octanol–water partition coefficient (Wildman–Crippen LogP) is 3.40. The molecular weight excluding hydrogens is 362 g/mol. The van der Waals surface area contributed by atoms with Gasteiger partial charge < -0.3 is 10.2 Å². The predicted molar refractivity (Wildman–Crippen MR) is 107 cm³/mol. The van der Waals surface area contributed by atoms with E-state index < -0.39 is 0 Å². The molecule has 1 saturated heterocycles. The minimum atomic E-state index is 0.00867. The fourth-order valence-corrected chi connectivity index (χ4v) is 3.70. The van der Waals surface area contributed by atoms with Crippen molar-refractivity contribution in [3.05, 3.63) is 58.2 Å². The van der Waals surface area contributed by atoms with Crippen molar-refractivity contribution in [3.8, 4) is 0 Å². The van der Waals surface area contributed by atoms with E-state index in [1.807, 2.05) is 54.8 Å². The van der Waals surface area contributed by atoms with Gasteiger partial charge in [-0.1, -0.05) is 29.3 Å². The van der Waals surface area contributed by atoms with Gasteiger partial charge in [0.2, 0.25) is 5.95 Å². The number of aromatic nitrogens is 3. The summed E-state index contributed by atoms with van der Waals surface area (Å²) in [6, 6.07) is 9.80. The van der Waals surface area contributed by atoms with Crippen LogP contribution in [0.3, 0.4) is 0 Å². The van der Waals surface area contributed by atoms with E-state index in [9.17, 15) is 4.79 Å². The number of hydrogen-bond donors (Lipinski definition) is 1. The molecule has 0 bridgehead atoms. The number of halogens is 1. The van der Waals surface area contributed by atoms with Crippen molar-refractivity contribution in [2.75, 3.05) is 18.0 Å². The number of carbonyl (C=O) groups excluding carboxylic acids is 1. The van der Waals surface area contributed by atoms with E-state index in [0.29, 0.717) is 5.02 Å². The summed E-state index contributed by atoms with van der Waals surface area (Å²) in [5, 5.41) is 12.3. The number of benzene rings is 1. The Balaban J connectivity index is 1.42. The van der Waals surface area contributed by atoms with Crippen LogP contribution < -0.4 is 10.2 Å². The number of pyridine rings is 1. The zero-order chi connectivity index (χ0) is 19.0. The van der Waals surface area contributed by atoms with Crippen molar-refractivity contribution in [3.63, 3.8) is 0 Å². The lowest BCUT2D eigenvalue weighted by molar-refractivity contribution is 0.0930. The van der Waals surface area contributed by atoms with Gasteiger partial charge in [0, 0.05) is 30.9 Å². The van der Waals surface area contributed by atoms with Crippen molar-refractivity contribution in [2.45, 2.75) is 32.7 Å². The van der Waals surface area contributed by atoms with Crippen LogP contribution >= 0.6 is 11.6 Å². The first kappa shape index (κ1) is 17.8. The lowest BCUT2D eigenvalue weighted by Crippen LogP contribution is -2.45. The quantitative estimate of drug-likeness (QED) is 0.753. The van der Waals surface area contributed by atoms with E-state index in [2.05, 4.69) is 20.4 Å². The molecular formula is C20H22ClN5O. The number of nitrogens with zero attached hydrogens (tertiary/aromatic N) is 4. The maximum Gasteiger partial charge on any atom is 0.251 e. The normalized spacial score (nSPS) is 15.3. The Morgan fingerprint density at radius 2 is 1.93 bits per heavy atom. The number of nitrogens with one attached hydrogen (secondary N) is 1. The number of aryl methyl sites for hydroxylation is 2. The lowest BCUT2D eigenvalue weighted by Gasteiger charge is -2.32. The van der Waals surface area contributed by atoms with Gasteiger partial charge in [0.1, 0.15) is 0 Å². The third-order valence-corrected chi connectivity index (χ3v) is 5.32. The molecule has 7 heteroatoms. The fourth-order valence-electron chi connectivity index (χ4n) is 3.54. The Hall–Kier alpha value is -2.60. The Morgan fingerprint density at radius 1 is 1.15 bits per heavy atom. The average molecular weight is 384 g/mol. The minimum Gasteiger partial charge on any atom is -0.349 e. The van der Waals surface area contributed by atoms with Crippen molar-refractivity contribution in [2.24, 2.45) is 0 Å². The highest BCUT2D eigenvalue weighted by molar-refractivity contribution is 6.30. The number of fused-ring (bicyclic) bond motifs is 1. The van der Waals surface area contributed by atoms with Crippen LogP contribution in [0.4, 0.5) is 5.95 Å². The Kier molecular flexibility index (Phi) is 4.74. The summed E-state index contributed by atoms with van der Waals surface area (Å²) in [5.41, 5.74) is 3.63. The Morgan fingerprint density at radius 3 is 2.70 bits per heavy atom. The molecule has 1 amide bonds. The van der Waals surface area contributed by atoms with Crippen LogP contribution in [0.15, 0.2) is 36.5 Å². The van der Waals surface area contributed by atoms with Gasteiger partial charge in [0.15, 0.2) is 5.65 Å². The fraction of sp³-hybridized carbons (Fsp3) is 0.350. The maximum atomic E-state index is 12.6. The van der Waals surface area contributed by atoms with Crippen LogP contribution in [0.5, 0.6) is 0 Å². The molecule has 1 N–H and O–H groups in total. The van der Waals surface area contributed by atoms with Crippen LogP contribution in [0, 0.1) is 13.8 Å². The van der Waals surface area contributed by atoms with Gasteiger partial charge in [-0.25, -0.2) is 0 Å². The summed E-state index contributed by atoms with van der Waals surface area (Å²) in [6.45, 7) is 5.60. The highest BCUT2D eigenvalue weighted by Crippen LogP contribution is 2.21. The van der Waals surface area contributed by atoms with E-state index in [1.54, 1.807) is 0 Å². The van der Waals surface area contributed by atoms with Gasteiger partial charge >= 0.3 is 0 Å². The van der Waals surface area contributed by atoms with E-state index in [4.69, 9.17) is 11.6 Å². The third-order valence-electron chi connectivity index (χ3n) is 5.10. The first-order chi connectivity index (χ1) is 13.0. The van der Waals surface area contributed by atoms with E-state index in [0.717, 1.165) is 54.2 Å². The lowest BCUT2D eigenvalue weighted by atomic mass is 10.0. The van der Waals surface area contributed by atoms with Gasteiger partial charge in [-0.2, -0.15) is 0 Å². The third kappa shape index (κ3) is 3.62. The van der Waals surface area contributed by atoms with Gasteiger partial charge in [0.05, 0.1) is 5.02 Å². The molecule has 0 saturated carbocycles. The summed E-state index contributed by atoms with van der Waals surface area (Å²) in [6.07, 6.45) is 3.57. The number of hydrogen-bond acceptors (Lipinski definition) is 4. The molecule has 3 aromatic rings. The number of carbonyl (C=O) groups is 1. The Labute approximate surface area is 163 Å². The van der Waals surface area contributed by atoms with Crippen molar-refractivity contribution >= 4 is 29.1 Å². The highest BCUT2D eigenvalue weighted by atomic mass is 35.5. The second-order valence-electron chi connectivity index (χ2n) is 7.13. The first-order valence-corrected chi connectivity index (χ1v) is 9.52. The van der Waals surface area contributed by atoms with Crippen LogP contribution in [0.2, 0.25) is 5.02 Å². The monoisotopic (exact) mass is 383 g/mol. The molecule has 1 aromatic carbocycles. The van der Waals surface area contributed by atoms with Gasteiger partial charge in [0.25, 0.3) is 5.91 Å². The second kappa shape index (κ2) is 7.19. The standard InChI is InChI=1S/C20H22ClN5O/c1-13-3-4-14(2)17(11-13)19(27)22-16-7-9-25(10-8-16)20-24-23-18-6-5-15(21)12-26(18)20/h3-6,11-12,16H,7-10H2,1-2H3,(H,22,27). The maximum absolute atomic E-state index is 12.6. The smallest absolute Gasteiger partial charge is 0.251 e. The van der Waals surface area contributed by atoms with E-state index in [1.165, 1.54) is 0 Å². The summed E-state index contributed by atoms with van der Waals surface area (Å²) < 4.78 is 1.91. The molecule has 0 atom stereocenters. The number of rotatable bonds is 3. The van der Waals surface area contributed by atoms with Crippen LogP contribution in [-0.2, 0) is 0 Å². The molecule has 3 heterocycles. The molecule has 27 heavy (non-hydrogen) atoms. The molecule has 140 valence electrons. The summed E-state index contributed by atoms with van der Waals surface area (Å²) in [4.78, 5) is 14.8. The molecule has 6 nitrogen and oxygen atoms in total. The van der Waals surface area contributed by atoms with Gasteiger partial charge in [-0.3, -0.25) is 9.20 Å². The zero-order valence-electron chi connectivity index (χ0n) is 15.4. The average Bonchev–Trinajstić information content (AvgIpc) is 3.07. The number of anilines is 1. The molecule has 0 radical (unpaired) electrons. The topological polar surface area (TPSA) is 62.5 Å².